The van der Waals surface area contributed by atoms with Gasteiger partial charge in [0, 0.05) is 24.7 Å². The lowest BCUT2D eigenvalue weighted by atomic mass is 9.84. The molecule has 4 nitrogen and oxygen atoms in total. The largest absolute Gasteiger partial charge is 0.327 e. The Labute approximate surface area is 116 Å². The Morgan fingerprint density at radius 2 is 2.11 bits per heavy atom. The predicted octanol–water partition coefficient (Wildman–Crippen LogP) is 2.73. The molecule has 19 heavy (non-hydrogen) atoms. The molecule has 0 radical (unpaired) electrons. The van der Waals surface area contributed by atoms with Crippen molar-refractivity contribution in [3.05, 3.63) is 18.0 Å². The SMILES string of the molecule is CCC(C)n1ccc(CC(=O)CC(N)C(C)(C)C)n1. The highest BCUT2D eigenvalue weighted by molar-refractivity contribution is 5.81. The van der Waals surface area contributed by atoms with Crippen LogP contribution in [-0.4, -0.2) is 21.6 Å². The minimum atomic E-state index is -0.100. The number of hydrogen-bond acceptors (Lipinski definition) is 3. The van der Waals surface area contributed by atoms with E-state index in [0.29, 0.717) is 18.9 Å². The molecule has 1 heterocycles. The minimum absolute atomic E-state index is 0.0360. The normalized spacial score (nSPS) is 15.3. The summed E-state index contributed by atoms with van der Waals surface area (Å²) < 4.78 is 1.92. The summed E-state index contributed by atoms with van der Waals surface area (Å²) in [4.78, 5) is 12.0. The number of Topliss-reactive ketones (excluding diaryl/α,β-unsaturated/α-hetero) is 1. The number of carbonyl (C=O) groups excluding carboxylic acids is 1. The number of rotatable bonds is 6. The summed E-state index contributed by atoms with van der Waals surface area (Å²) in [5.41, 5.74) is 6.84. The van der Waals surface area contributed by atoms with Crippen LogP contribution in [0.3, 0.4) is 0 Å². The summed E-state index contributed by atoms with van der Waals surface area (Å²) in [5.74, 6) is 0.164. The first kappa shape index (κ1) is 15.9. The lowest BCUT2D eigenvalue weighted by Gasteiger charge is -2.26. The molecule has 0 aliphatic carbocycles. The van der Waals surface area contributed by atoms with Gasteiger partial charge < -0.3 is 5.73 Å². The van der Waals surface area contributed by atoms with Crippen LogP contribution in [0.5, 0.6) is 0 Å². The van der Waals surface area contributed by atoms with E-state index in [-0.39, 0.29) is 17.2 Å². The number of ketones is 1. The fourth-order valence-electron chi connectivity index (χ4n) is 1.73. The van der Waals surface area contributed by atoms with Crippen LogP contribution in [0, 0.1) is 5.41 Å². The molecule has 1 aromatic heterocycles. The van der Waals surface area contributed by atoms with Crippen LogP contribution in [0.25, 0.3) is 0 Å². The van der Waals surface area contributed by atoms with E-state index in [4.69, 9.17) is 5.73 Å². The zero-order valence-electron chi connectivity index (χ0n) is 12.8. The van der Waals surface area contributed by atoms with Crippen molar-refractivity contribution in [3.63, 3.8) is 0 Å². The van der Waals surface area contributed by atoms with Gasteiger partial charge in [0.05, 0.1) is 12.1 Å². The second-order valence-electron chi connectivity index (χ2n) is 6.44. The van der Waals surface area contributed by atoms with Gasteiger partial charge in [0.1, 0.15) is 5.78 Å². The number of nitrogens with zero attached hydrogens (tertiary/aromatic N) is 2. The van der Waals surface area contributed by atoms with Gasteiger partial charge in [0.25, 0.3) is 0 Å². The summed E-state index contributed by atoms with van der Waals surface area (Å²) in [6.07, 6.45) is 3.78. The van der Waals surface area contributed by atoms with Crippen molar-refractivity contribution in [2.45, 2.75) is 66.0 Å². The molecule has 2 unspecified atom stereocenters. The predicted molar refractivity (Wildman–Crippen MR) is 78.0 cm³/mol. The fourth-order valence-corrected chi connectivity index (χ4v) is 1.73. The second-order valence-corrected chi connectivity index (χ2v) is 6.44. The molecule has 1 rings (SSSR count). The van der Waals surface area contributed by atoms with Crippen molar-refractivity contribution >= 4 is 5.78 Å². The van der Waals surface area contributed by atoms with Gasteiger partial charge in [-0.15, -0.1) is 0 Å². The smallest absolute Gasteiger partial charge is 0.140 e. The topological polar surface area (TPSA) is 60.9 Å². The number of carbonyl (C=O) groups is 1. The quantitative estimate of drug-likeness (QED) is 0.860. The van der Waals surface area contributed by atoms with Gasteiger partial charge in [0.15, 0.2) is 0 Å². The molecule has 0 aliphatic heterocycles. The zero-order chi connectivity index (χ0) is 14.6. The Kier molecular flexibility index (Phi) is 5.29. The van der Waals surface area contributed by atoms with Gasteiger partial charge in [-0.1, -0.05) is 27.7 Å². The van der Waals surface area contributed by atoms with E-state index in [1.807, 2.05) is 16.9 Å². The average Bonchev–Trinajstić information content (AvgIpc) is 2.74. The monoisotopic (exact) mass is 265 g/mol. The molecular formula is C15H27N3O. The molecule has 0 aromatic carbocycles. The Bertz CT molecular complexity index is 417. The number of hydrogen-bond donors (Lipinski definition) is 1. The average molecular weight is 265 g/mol. The third-order valence-corrected chi connectivity index (χ3v) is 3.64. The summed E-state index contributed by atoms with van der Waals surface area (Å²) in [6, 6.07) is 2.20. The molecule has 0 bridgehead atoms. The summed E-state index contributed by atoms with van der Waals surface area (Å²) in [5, 5.41) is 4.45. The Balaban J connectivity index is 2.56. The standard InChI is InChI=1S/C15H27N3O/c1-6-11(2)18-8-7-12(17-18)9-13(19)10-14(16)15(3,4)5/h7-8,11,14H,6,9-10,16H2,1-5H3. The van der Waals surface area contributed by atoms with E-state index in [1.165, 1.54) is 0 Å². The zero-order valence-corrected chi connectivity index (χ0v) is 12.8. The molecule has 108 valence electrons. The lowest BCUT2D eigenvalue weighted by Crippen LogP contribution is -2.37. The van der Waals surface area contributed by atoms with Crippen molar-refractivity contribution < 1.29 is 4.79 Å². The second kappa shape index (κ2) is 6.33. The van der Waals surface area contributed by atoms with Crippen LogP contribution < -0.4 is 5.73 Å². The van der Waals surface area contributed by atoms with Gasteiger partial charge in [-0.2, -0.15) is 5.10 Å². The van der Waals surface area contributed by atoms with Gasteiger partial charge >= 0.3 is 0 Å². The number of aromatic nitrogens is 2. The van der Waals surface area contributed by atoms with Crippen LogP contribution in [0.15, 0.2) is 12.3 Å². The van der Waals surface area contributed by atoms with E-state index >= 15 is 0 Å². The van der Waals surface area contributed by atoms with E-state index < -0.39 is 0 Å². The van der Waals surface area contributed by atoms with E-state index in [0.717, 1.165) is 12.1 Å². The maximum Gasteiger partial charge on any atom is 0.140 e. The third-order valence-electron chi connectivity index (χ3n) is 3.64. The molecule has 0 saturated heterocycles. The van der Waals surface area contributed by atoms with E-state index in [2.05, 4.69) is 39.7 Å². The summed E-state index contributed by atoms with van der Waals surface area (Å²) >= 11 is 0. The molecule has 2 atom stereocenters. The maximum absolute atomic E-state index is 12.0. The van der Waals surface area contributed by atoms with Crippen molar-refractivity contribution in [3.8, 4) is 0 Å². The first-order chi connectivity index (χ1) is 8.74. The molecule has 0 amide bonds. The maximum atomic E-state index is 12.0. The van der Waals surface area contributed by atoms with Gasteiger partial charge in [-0.25, -0.2) is 0 Å². The van der Waals surface area contributed by atoms with Crippen LogP contribution in [0.2, 0.25) is 0 Å². The van der Waals surface area contributed by atoms with Crippen molar-refractivity contribution in [1.29, 1.82) is 0 Å². The molecule has 0 saturated carbocycles. The summed E-state index contributed by atoms with van der Waals surface area (Å²) in [7, 11) is 0. The van der Waals surface area contributed by atoms with Crippen LogP contribution >= 0.6 is 0 Å². The highest BCUT2D eigenvalue weighted by atomic mass is 16.1. The van der Waals surface area contributed by atoms with E-state index in [1.54, 1.807) is 0 Å². The molecular weight excluding hydrogens is 238 g/mol. The molecule has 4 heteroatoms. The Morgan fingerprint density at radius 3 is 2.63 bits per heavy atom. The van der Waals surface area contributed by atoms with Gasteiger partial charge in [-0.3, -0.25) is 9.48 Å². The molecule has 1 aromatic rings. The summed E-state index contributed by atoms with van der Waals surface area (Å²) in [6.45, 7) is 10.4. The Hall–Kier alpha value is -1.16. The van der Waals surface area contributed by atoms with Crippen LogP contribution in [-0.2, 0) is 11.2 Å². The molecule has 0 fully saturated rings. The van der Waals surface area contributed by atoms with Crippen LogP contribution in [0.1, 0.15) is 59.2 Å². The highest BCUT2D eigenvalue weighted by Crippen LogP contribution is 2.20. The molecule has 0 spiro atoms. The van der Waals surface area contributed by atoms with E-state index in [9.17, 15) is 4.79 Å². The first-order valence-electron chi connectivity index (χ1n) is 7.05. The van der Waals surface area contributed by atoms with Crippen LogP contribution in [0.4, 0.5) is 0 Å². The Morgan fingerprint density at radius 1 is 1.47 bits per heavy atom. The molecule has 2 N–H and O–H groups in total. The van der Waals surface area contributed by atoms with Gasteiger partial charge in [0.2, 0.25) is 0 Å². The van der Waals surface area contributed by atoms with Crippen molar-refractivity contribution in [1.82, 2.24) is 9.78 Å². The molecule has 0 aliphatic rings. The number of nitrogens with two attached hydrogens (primary N) is 1. The minimum Gasteiger partial charge on any atom is -0.327 e. The fraction of sp³-hybridized carbons (Fsp3) is 0.733. The highest BCUT2D eigenvalue weighted by Gasteiger charge is 2.23. The lowest BCUT2D eigenvalue weighted by molar-refractivity contribution is -0.119. The van der Waals surface area contributed by atoms with Crippen molar-refractivity contribution in [2.24, 2.45) is 11.1 Å². The van der Waals surface area contributed by atoms with Gasteiger partial charge in [-0.05, 0) is 24.8 Å². The first-order valence-corrected chi connectivity index (χ1v) is 7.05. The third kappa shape index (κ3) is 4.78. The van der Waals surface area contributed by atoms with Crippen molar-refractivity contribution in [2.75, 3.05) is 0 Å².